The SMILES string of the molecule is COc1ccccc1CNc1cc(Oc2ccccc2)c(S(N)(=O)=O)cc1C(=O)O. The molecule has 0 aromatic heterocycles. The number of carbonyl (C=O) groups is 1. The zero-order valence-corrected chi connectivity index (χ0v) is 16.8. The first-order chi connectivity index (χ1) is 14.3. The molecular weight excluding hydrogens is 408 g/mol. The lowest BCUT2D eigenvalue weighted by atomic mass is 10.1. The van der Waals surface area contributed by atoms with Crippen LogP contribution in [0.3, 0.4) is 0 Å². The Morgan fingerprint density at radius 1 is 1.03 bits per heavy atom. The second kappa shape index (κ2) is 8.85. The van der Waals surface area contributed by atoms with Crippen molar-refractivity contribution in [3.05, 3.63) is 77.9 Å². The highest BCUT2D eigenvalue weighted by Crippen LogP contribution is 2.34. The normalized spacial score (nSPS) is 11.0. The number of methoxy groups -OCH3 is 1. The van der Waals surface area contributed by atoms with Crippen molar-refractivity contribution in [1.29, 1.82) is 0 Å². The standard InChI is InChI=1S/C21H20N2O6S/c1-28-18-10-6-5-7-14(18)13-23-17-12-19(29-15-8-3-2-4-9-15)20(30(22,26)27)11-16(17)21(24)25/h2-12,23H,13H2,1H3,(H,24,25)(H2,22,26,27). The molecule has 0 radical (unpaired) electrons. The third-order valence-electron chi connectivity index (χ3n) is 4.25. The molecule has 0 aliphatic rings. The zero-order valence-electron chi connectivity index (χ0n) is 16.0. The Morgan fingerprint density at radius 3 is 2.33 bits per heavy atom. The Kier molecular flexibility index (Phi) is 6.24. The van der Waals surface area contributed by atoms with E-state index < -0.39 is 20.9 Å². The van der Waals surface area contributed by atoms with Crippen LogP contribution in [0.25, 0.3) is 0 Å². The maximum Gasteiger partial charge on any atom is 0.337 e. The summed E-state index contributed by atoms with van der Waals surface area (Å²) in [6.45, 7) is 0.240. The number of para-hydroxylation sites is 2. The minimum Gasteiger partial charge on any atom is -0.496 e. The Hall–Kier alpha value is -3.56. The van der Waals surface area contributed by atoms with Crippen molar-refractivity contribution >= 4 is 21.7 Å². The van der Waals surface area contributed by atoms with Crippen molar-refractivity contribution in [3.63, 3.8) is 0 Å². The van der Waals surface area contributed by atoms with Crippen LogP contribution in [-0.4, -0.2) is 26.6 Å². The number of aromatic carboxylic acids is 1. The van der Waals surface area contributed by atoms with E-state index in [-0.39, 0.29) is 23.5 Å². The molecule has 0 saturated heterocycles. The predicted molar refractivity (Wildman–Crippen MR) is 112 cm³/mol. The van der Waals surface area contributed by atoms with Gasteiger partial charge in [0.1, 0.15) is 22.1 Å². The van der Waals surface area contributed by atoms with E-state index in [2.05, 4.69) is 5.32 Å². The van der Waals surface area contributed by atoms with E-state index in [1.54, 1.807) is 36.4 Å². The molecular formula is C21H20N2O6S. The highest BCUT2D eigenvalue weighted by Gasteiger charge is 2.23. The van der Waals surface area contributed by atoms with E-state index >= 15 is 0 Å². The van der Waals surface area contributed by atoms with Crippen LogP contribution in [0.1, 0.15) is 15.9 Å². The number of nitrogens with two attached hydrogens (primary N) is 1. The van der Waals surface area contributed by atoms with Gasteiger partial charge in [-0.1, -0.05) is 36.4 Å². The summed E-state index contributed by atoms with van der Waals surface area (Å²) in [6.07, 6.45) is 0. The lowest BCUT2D eigenvalue weighted by Gasteiger charge is -2.16. The molecule has 0 unspecified atom stereocenters. The molecule has 0 aliphatic heterocycles. The molecule has 3 aromatic carbocycles. The number of nitrogens with one attached hydrogen (secondary N) is 1. The van der Waals surface area contributed by atoms with Crippen LogP contribution in [0.5, 0.6) is 17.2 Å². The number of ether oxygens (including phenoxy) is 2. The summed E-state index contributed by atoms with van der Waals surface area (Å²) in [5.41, 5.74) is 0.707. The lowest BCUT2D eigenvalue weighted by Crippen LogP contribution is -2.16. The quantitative estimate of drug-likeness (QED) is 0.501. The first-order valence-electron chi connectivity index (χ1n) is 8.82. The molecule has 0 fully saturated rings. The van der Waals surface area contributed by atoms with Crippen molar-refractivity contribution < 1.29 is 27.8 Å². The average Bonchev–Trinajstić information content (AvgIpc) is 2.72. The monoisotopic (exact) mass is 428 g/mol. The van der Waals surface area contributed by atoms with E-state index in [0.717, 1.165) is 11.6 Å². The van der Waals surface area contributed by atoms with Gasteiger partial charge in [0.15, 0.2) is 0 Å². The summed E-state index contributed by atoms with van der Waals surface area (Å²) in [7, 11) is -2.70. The second-order valence-corrected chi connectivity index (χ2v) is 7.81. The Balaban J connectivity index is 2.04. The molecule has 156 valence electrons. The van der Waals surface area contributed by atoms with Gasteiger partial charge in [0.05, 0.1) is 18.4 Å². The fraction of sp³-hybridized carbons (Fsp3) is 0.0952. The highest BCUT2D eigenvalue weighted by molar-refractivity contribution is 7.89. The largest absolute Gasteiger partial charge is 0.496 e. The number of primary sulfonamides is 1. The molecule has 4 N–H and O–H groups in total. The topological polar surface area (TPSA) is 128 Å². The molecule has 0 atom stereocenters. The van der Waals surface area contributed by atoms with E-state index in [1.807, 2.05) is 18.2 Å². The van der Waals surface area contributed by atoms with Crippen LogP contribution in [0.15, 0.2) is 71.6 Å². The third-order valence-corrected chi connectivity index (χ3v) is 5.19. The van der Waals surface area contributed by atoms with Gasteiger partial charge in [-0.15, -0.1) is 0 Å². The molecule has 0 saturated carbocycles. The molecule has 0 heterocycles. The summed E-state index contributed by atoms with van der Waals surface area (Å²) in [4.78, 5) is 11.3. The van der Waals surface area contributed by atoms with Crippen LogP contribution in [0.4, 0.5) is 5.69 Å². The molecule has 0 bridgehead atoms. The molecule has 3 rings (SSSR count). The van der Waals surface area contributed by atoms with Gasteiger partial charge in [0.25, 0.3) is 0 Å². The van der Waals surface area contributed by atoms with E-state index in [4.69, 9.17) is 14.6 Å². The minimum atomic E-state index is -4.24. The predicted octanol–water partition coefficient (Wildman–Crippen LogP) is 3.45. The van der Waals surface area contributed by atoms with Gasteiger partial charge < -0.3 is 19.9 Å². The van der Waals surface area contributed by atoms with Crippen LogP contribution >= 0.6 is 0 Å². The fourth-order valence-electron chi connectivity index (χ4n) is 2.84. The first kappa shape index (κ1) is 21.2. The lowest BCUT2D eigenvalue weighted by molar-refractivity contribution is 0.0697. The highest BCUT2D eigenvalue weighted by atomic mass is 32.2. The van der Waals surface area contributed by atoms with Gasteiger partial charge in [0, 0.05) is 18.2 Å². The average molecular weight is 428 g/mol. The number of anilines is 1. The Morgan fingerprint density at radius 2 is 1.70 bits per heavy atom. The molecule has 0 aliphatic carbocycles. The van der Waals surface area contributed by atoms with Gasteiger partial charge in [-0.05, 0) is 24.3 Å². The third kappa shape index (κ3) is 4.88. The van der Waals surface area contributed by atoms with E-state index in [0.29, 0.717) is 11.5 Å². The number of carboxylic acid groups (broad SMARTS) is 1. The van der Waals surface area contributed by atoms with Crippen molar-refractivity contribution in [2.45, 2.75) is 11.4 Å². The van der Waals surface area contributed by atoms with Gasteiger partial charge in [-0.25, -0.2) is 18.4 Å². The number of carboxylic acids is 1. The fourth-order valence-corrected chi connectivity index (χ4v) is 3.50. The van der Waals surface area contributed by atoms with Gasteiger partial charge in [-0.3, -0.25) is 0 Å². The second-order valence-electron chi connectivity index (χ2n) is 6.28. The van der Waals surface area contributed by atoms with Crippen LogP contribution in [-0.2, 0) is 16.6 Å². The van der Waals surface area contributed by atoms with Gasteiger partial charge >= 0.3 is 5.97 Å². The van der Waals surface area contributed by atoms with E-state index in [9.17, 15) is 18.3 Å². The summed E-state index contributed by atoms with van der Waals surface area (Å²) < 4.78 is 35.1. The molecule has 3 aromatic rings. The van der Waals surface area contributed by atoms with Gasteiger partial charge in [-0.2, -0.15) is 0 Å². The van der Waals surface area contributed by atoms with Crippen molar-refractivity contribution in [2.24, 2.45) is 5.14 Å². The smallest absolute Gasteiger partial charge is 0.337 e. The summed E-state index contributed by atoms with van der Waals surface area (Å²) in [5, 5.41) is 17.9. The molecule has 8 nitrogen and oxygen atoms in total. The number of benzene rings is 3. The van der Waals surface area contributed by atoms with E-state index in [1.165, 1.54) is 13.2 Å². The molecule has 0 spiro atoms. The number of rotatable bonds is 8. The van der Waals surface area contributed by atoms with Crippen LogP contribution < -0.4 is 19.9 Å². The van der Waals surface area contributed by atoms with Crippen molar-refractivity contribution in [3.8, 4) is 17.2 Å². The molecule has 0 amide bonds. The van der Waals surface area contributed by atoms with Crippen LogP contribution in [0, 0.1) is 0 Å². The van der Waals surface area contributed by atoms with Crippen molar-refractivity contribution in [2.75, 3.05) is 12.4 Å². The maximum atomic E-state index is 12.1. The number of hydrogen-bond donors (Lipinski definition) is 3. The van der Waals surface area contributed by atoms with Crippen molar-refractivity contribution in [1.82, 2.24) is 0 Å². The summed E-state index contributed by atoms with van der Waals surface area (Å²) in [6, 6.07) is 18.0. The summed E-state index contributed by atoms with van der Waals surface area (Å²) in [5.74, 6) is -0.394. The number of hydrogen-bond acceptors (Lipinski definition) is 6. The van der Waals surface area contributed by atoms with Crippen LogP contribution in [0.2, 0.25) is 0 Å². The van der Waals surface area contributed by atoms with Gasteiger partial charge in [0.2, 0.25) is 10.0 Å². The molecule has 9 heteroatoms. The minimum absolute atomic E-state index is 0.0868. The molecule has 30 heavy (non-hydrogen) atoms. The Bertz CT molecular complexity index is 1160. The zero-order chi connectivity index (χ0) is 21.7. The maximum absolute atomic E-state index is 12.1. The Labute approximate surface area is 173 Å². The summed E-state index contributed by atoms with van der Waals surface area (Å²) >= 11 is 0. The number of sulfonamides is 1. The first-order valence-corrected chi connectivity index (χ1v) is 10.4.